The molecule has 10 heteroatoms. The minimum Gasteiger partial charge on any atom is -0.338 e. The van der Waals surface area contributed by atoms with Crippen LogP contribution in [0, 0.1) is 0 Å². The number of carbonyl (C=O) groups is 3. The van der Waals surface area contributed by atoms with Gasteiger partial charge in [-0.3, -0.25) is 24.7 Å². The Morgan fingerprint density at radius 1 is 1.21 bits per heavy atom. The lowest BCUT2D eigenvalue weighted by atomic mass is 10.0. The Hall–Kier alpha value is -3.33. The van der Waals surface area contributed by atoms with Gasteiger partial charge in [0.15, 0.2) is 5.82 Å². The number of nitrogens with one attached hydrogen (secondary N) is 2. The van der Waals surface area contributed by atoms with Crippen LogP contribution in [-0.2, 0) is 22.6 Å². The molecule has 29 heavy (non-hydrogen) atoms. The first-order chi connectivity index (χ1) is 14.0. The molecule has 0 saturated carbocycles. The van der Waals surface area contributed by atoms with Crippen LogP contribution in [-0.4, -0.2) is 44.8 Å². The van der Waals surface area contributed by atoms with Gasteiger partial charge < -0.3 is 10.2 Å². The fraction of sp³-hybridized carbons (Fsp3) is 0.263. The van der Waals surface area contributed by atoms with E-state index in [4.69, 9.17) is 11.6 Å². The standard InChI is InChI=1S/C19H15ClN6O3/c20-19-23-12-6-7-21-15(12)16(25-19)22-11-3-1-2-9-10(11)8-26(18(9)29)13-4-5-14(27)24-17(13)28/h1-3,7,13H,4-6,8H2,(H,22,23,25)(H,24,27,28). The highest BCUT2D eigenvalue weighted by molar-refractivity contribution is 6.28. The average molecular weight is 411 g/mol. The number of halogens is 1. The molecule has 1 saturated heterocycles. The van der Waals surface area contributed by atoms with Crippen LogP contribution in [0.1, 0.15) is 34.5 Å². The van der Waals surface area contributed by atoms with E-state index in [1.54, 1.807) is 18.3 Å². The molecule has 1 aromatic heterocycles. The van der Waals surface area contributed by atoms with Gasteiger partial charge in [-0.1, -0.05) is 6.07 Å². The first-order valence-corrected chi connectivity index (χ1v) is 9.51. The monoisotopic (exact) mass is 410 g/mol. The average Bonchev–Trinajstić information content (AvgIpc) is 3.28. The molecule has 1 fully saturated rings. The molecule has 1 aromatic carbocycles. The predicted octanol–water partition coefficient (Wildman–Crippen LogP) is 1.89. The van der Waals surface area contributed by atoms with E-state index in [1.807, 2.05) is 6.07 Å². The summed E-state index contributed by atoms with van der Waals surface area (Å²) in [6.45, 7) is 0.258. The smallest absolute Gasteiger partial charge is 0.255 e. The predicted molar refractivity (Wildman–Crippen MR) is 105 cm³/mol. The second-order valence-corrected chi connectivity index (χ2v) is 7.35. The fourth-order valence-corrected chi connectivity index (χ4v) is 4.08. The highest BCUT2D eigenvalue weighted by Crippen LogP contribution is 2.37. The Morgan fingerprint density at radius 2 is 2.07 bits per heavy atom. The van der Waals surface area contributed by atoms with Gasteiger partial charge in [-0.25, -0.2) is 4.98 Å². The highest BCUT2D eigenvalue weighted by Gasteiger charge is 2.40. The molecule has 3 aliphatic rings. The van der Waals surface area contributed by atoms with E-state index >= 15 is 0 Å². The van der Waals surface area contributed by atoms with Crippen molar-refractivity contribution in [3.05, 3.63) is 40.3 Å². The number of anilines is 2. The molecule has 4 heterocycles. The first-order valence-electron chi connectivity index (χ1n) is 9.14. The number of carbonyl (C=O) groups excluding carboxylic acids is 3. The Morgan fingerprint density at radius 3 is 2.90 bits per heavy atom. The van der Waals surface area contributed by atoms with Crippen molar-refractivity contribution in [3.8, 4) is 0 Å². The van der Waals surface area contributed by atoms with E-state index < -0.39 is 11.9 Å². The van der Waals surface area contributed by atoms with Gasteiger partial charge in [-0.15, -0.1) is 0 Å². The minimum absolute atomic E-state index is 0.116. The molecule has 2 aromatic rings. The summed E-state index contributed by atoms with van der Waals surface area (Å²) in [5.74, 6) is -0.518. The zero-order chi connectivity index (χ0) is 20.1. The van der Waals surface area contributed by atoms with Gasteiger partial charge in [0.1, 0.15) is 11.7 Å². The number of hydrogen-bond donors (Lipinski definition) is 2. The SMILES string of the molecule is O=C1CCC(N2Cc3c(Nc4nc(Cl)nc5c4N=CC5)cccc3C2=O)C(=O)N1. The summed E-state index contributed by atoms with van der Waals surface area (Å²) in [6.07, 6.45) is 2.85. The molecule has 0 spiro atoms. The van der Waals surface area contributed by atoms with Gasteiger partial charge in [0.2, 0.25) is 17.1 Å². The van der Waals surface area contributed by atoms with Crippen LogP contribution in [0.25, 0.3) is 0 Å². The summed E-state index contributed by atoms with van der Waals surface area (Å²) in [4.78, 5) is 50.9. The molecule has 0 bridgehead atoms. The summed E-state index contributed by atoms with van der Waals surface area (Å²) in [7, 11) is 0. The zero-order valence-electron chi connectivity index (χ0n) is 15.1. The Bertz CT molecular complexity index is 1120. The molecule has 146 valence electrons. The molecule has 3 amide bonds. The summed E-state index contributed by atoms with van der Waals surface area (Å²) in [5.41, 5.74) is 3.32. The molecule has 5 rings (SSSR count). The minimum atomic E-state index is -0.664. The fourth-order valence-electron chi connectivity index (χ4n) is 3.89. The van der Waals surface area contributed by atoms with Gasteiger partial charge in [-0.05, 0) is 30.2 Å². The Balaban J connectivity index is 1.47. The van der Waals surface area contributed by atoms with Gasteiger partial charge in [0.05, 0.1) is 5.69 Å². The van der Waals surface area contributed by atoms with Gasteiger partial charge in [-0.2, -0.15) is 4.98 Å². The van der Waals surface area contributed by atoms with Crippen molar-refractivity contribution in [3.63, 3.8) is 0 Å². The summed E-state index contributed by atoms with van der Waals surface area (Å²) in [6, 6.07) is 4.66. The second-order valence-electron chi connectivity index (χ2n) is 7.01. The lowest BCUT2D eigenvalue weighted by Crippen LogP contribution is -2.52. The van der Waals surface area contributed by atoms with Crippen molar-refractivity contribution in [2.24, 2.45) is 4.99 Å². The lowest BCUT2D eigenvalue weighted by molar-refractivity contribution is -0.136. The third-order valence-corrected chi connectivity index (χ3v) is 5.44. The van der Waals surface area contributed by atoms with E-state index in [9.17, 15) is 14.4 Å². The molecule has 0 aliphatic carbocycles. The summed E-state index contributed by atoms with van der Waals surface area (Å²) >= 11 is 6.04. The van der Waals surface area contributed by atoms with E-state index in [0.717, 1.165) is 11.3 Å². The van der Waals surface area contributed by atoms with Crippen molar-refractivity contribution in [2.45, 2.75) is 31.8 Å². The van der Waals surface area contributed by atoms with Crippen LogP contribution in [0.2, 0.25) is 5.28 Å². The first kappa shape index (κ1) is 17.7. The summed E-state index contributed by atoms with van der Waals surface area (Å²) < 4.78 is 0. The number of hydrogen-bond acceptors (Lipinski definition) is 7. The van der Waals surface area contributed by atoms with Crippen LogP contribution in [0.5, 0.6) is 0 Å². The number of amides is 3. The number of aliphatic imine (C=N–C) groups is 1. The van der Waals surface area contributed by atoms with Crippen molar-refractivity contribution in [1.82, 2.24) is 20.2 Å². The molecule has 2 N–H and O–H groups in total. The van der Waals surface area contributed by atoms with Crippen molar-refractivity contribution >= 4 is 52.7 Å². The second kappa shape index (κ2) is 6.63. The lowest BCUT2D eigenvalue weighted by Gasteiger charge is -2.29. The number of nitrogens with zero attached hydrogens (tertiary/aromatic N) is 4. The maximum Gasteiger partial charge on any atom is 0.255 e. The molecule has 3 aliphatic heterocycles. The van der Waals surface area contributed by atoms with Gasteiger partial charge in [0, 0.05) is 42.4 Å². The quantitative estimate of drug-likeness (QED) is 0.589. The molecule has 1 atom stereocenters. The van der Waals surface area contributed by atoms with Crippen LogP contribution in [0.3, 0.4) is 0 Å². The van der Waals surface area contributed by atoms with Crippen molar-refractivity contribution < 1.29 is 14.4 Å². The highest BCUT2D eigenvalue weighted by atomic mass is 35.5. The number of rotatable bonds is 3. The number of imide groups is 1. The molecule has 0 radical (unpaired) electrons. The third kappa shape index (κ3) is 2.94. The maximum atomic E-state index is 12.9. The molecule has 1 unspecified atom stereocenters. The van der Waals surface area contributed by atoms with Gasteiger partial charge >= 0.3 is 0 Å². The summed E-state index contributed by atoms with van der Waals surface area (Å²) in [5, 5.41) is 5.65. The van der Waals surface area contributed by atoms with E-state index in [2.05, 4.69) is 25.6 Å². The molecular weight excluding hydrogens is 396 g/mol. The largest absolute Gasteiger partial charge is 0.338 e. The number of benzene rings is 1. The van der Waals surface area contributed by atoms with Crippen molar-refractivity contribution in [1.29, 1.82) is 0 Å². The molecular formula is C19H15ClN6O3. The third-order valence-electron chi connectivity index (χ3n) is 5.27. The van der Waals surface area contributed by atoms with Gasteiger partial charge in [0.25, 0.3) is 5.91 Å². The zero-order valence-corrected chi connectivity index (χ0v) is 15.9. The maximum absolute atomic E-state index is 12.9. The normalized spacial score (nSPS) is 20.0. The van der Waals surface area contributed by atoms with E-state index in [1.165, 1.54) is 4.90 Å². The topological polar surface area (TPSA) is 117 Å². The van der Waals surface area contributed by atoms with E-state index in [0.29, 0.717) is 35.6 Å². The Labute approximate surface area is 170 Å². The van der Waals surface area contributed by atoms with Crippen LogP contribution < -0.4 is 10.6 Å². The molecule has 9 nitrogen and oxygen atoms in total. The van der Waals surface area contributed by atoms with Crippen molar-refractivity contribution in [2.75, 3.05) is 5.32 Å². The van der Waals surface area contributed by atoms with Crippen LogP contribution in [0.15, 0.2) is 23.2 Å². The number of piperidine rings is 1. The van der Waals surface area contributed by atoms with E-state index in [-0.39, 0.29) is 30.1 Å². The van der Waals surface area contributed by atoms with Crippen LogP contribution in [0.4, 0.5) is 17.2 Å². The Kier molecular flexibility index (Phi) is 4.06. The number of aromatic nitrogens is 2. The number of fused-ring (bicyclic) bond motifs is 2. The van der Waals surface area contributed by atoms with Crippen LogP contribution >= 0.6 is 11.6 Å².